The van der Waals surface area contributed by atoms with Crippen molar-refractivity contribution in [3.05, 3.63) is 42.2 Å². The highest BCUT2D eigenvalue weighted by atomic mass is 15.0. The second kappa shape index (κ2) is 4.75. The molecule has 1 aromatic heterocycles. The smallest absolute Gasteiger partial charge is 0.129 e. The van der Waals surface area contributed by atoms with Gasteiger partial charge in [0.15, 0.2) is 0 Å². The van der Waals surface area contributed by atoms with E-state index >= 15 is 0 Å². The lowest BCUT2D eigenvalue weighted by molar-refractivity contribution is 1.11. The number of nitrogens with one attached hydrogen (secondary N) is 1. The molecule has 0 aliphatic rings. The van der Waals surface area contributed by atoms with Gasteiger partial charge >= 0.3 is 0 Å². The zero-order valence-electron chi connectivity index (χ0n) is 9.57. The van der Waals surface area contributed by atoms with Crippen molar-refractivity contribution >= 4 is 5.82 Å². The van der Waals surface area contributed by atoms with E-state index < -0.39 is 0 Å². The van der Waals surface area contributed by atoms with E-state index in [0.717, 1.165) is 23.6 Å². The fraction of sp³-hybridized carbons (Fsp3) is 0.231. The minimum atomic E-state index is 0.865. The zero-order valence-corrected chi connectivity index (χ0v) is 9.57. The third-order valence-corrected chi connectivity index (χ3v) is 2.34. The quantitative estimate of drug-likeness (QED) is 0.851. The molecule has 0 atom stereocenters. The Kier molecular flexibility index (Phi) is 3.15. The molecular weight excluding hydrogens is 198 g/mol. The van der Waals surface area contributed by atoms with E-state index in [4.69, 9.17) is 0 Å². The molecule has 2 aromatic rings. The van der Waals surface area contributed by atoms with E-state index in [-0.39, 0.29) is 0 Å². The highest BCUT2D eigenvalue weighted by molar-refractivity contribution is 5.62. The van der Waals surface area contributed by atoms with Crippen LogP contribution in [0.2, 0.25) is 0 Å². The molecule has 0 radical (unpaired) electrons. The minimum Gasteiger partial charge on any atom is -0.370 e. The third-order valence-electron chi connectivity index (χ3n) is 2.34. The first-order valence-electron chi connectivity index (χ1n) is 5.42. The fourth-order valence-corrected chi connectivity index (χ4v) is 1.60. The molecule has 1 aromatic carbocycles. The monoisotopic (exact) mass is 213 g/mol. The van der Waals surface area contributed by atoms with Gasteiger partial charge in [0.2, 0.25) is 0 Å². The molecule has 82 valence electrons. The van der Waals surface area contributed by atoms with Crippen LogP contribution in [0.1, 0.15) is 12.5 Å². The molecule has 0 spiro atoms. The maximum absolute atomic E-state index is 4.28. The normalized spacial score (nSPS) is 10.1. The average molecular weight is 213 g/mol. The molecule has 0 aliphatic heterocycles. The Bertz CT molecular complexity index is 480. The highest BCUT2D eigenvalue weighted by Crippen LogP contribution is 2.19. The van der Waals surface area contributed by atoms with Gasteiger partial charge in [0.1, 0.15) is 12.1 Å². The van der Waals surface area contributed by atoms with Gasteiger partial charge < -0.3 is 5.32 Å². The summed E-state index contributed by atoms with van der Waals surface area (Å²) in [5.41, 5.74) is 3.32. The van der Waals surface area contributed by atoms with Crippen LogP contribution in [0.5, 0.6) is 0 Å². The number of nitrogens with zero attached hydrogens (tertiary/aromatic N) is 2. The summed E-state index contributed by atoms with van der Waals surface area (Å²) in [4.78, 5) is 8.44. The summed E-state index contributed by atoms with van der Waals surface area (Å²) in [5, 5.41) is 3.18. The molecular formula is C13H15N3. The van der Waals surface area contributed by atoms with Gasteiger partial charge in [-0.25, -0.2) is 9.97 Å². The number of anilines is 1. The lowest BCUT2D eigenvalue weighted by atomic mass is 10.1. The summed E-state index contributed by atoms with van der Waals surface area (Å²) in [6.45, 7) is 4.99. The van der Waals surface area contributed by atoms with Gasteiger partial charge in [-0.05, 0) is 19.9 Å². The summed E-state index contributed by atoms with van der Waals surface area (Å²) in [6, 6.07) is 10.3. The highest BCUT2D eigenvalue weighted by Gasteiger charge is 2.01. The van der Waals surface area contributed by atoms with Gasteiger partial charge in [-0.2, -0.15) is 0 Å². The molecule has 1 N–H and O–H groups in total. The van der Waals surface area contributed by atoms with Crippen LogP contribution in [0.3, 0.4) is 0 Å². The summed E-state index contributed by atoms with van der Waals surface area (Å²) in [5.74, 6) is 0.869. The molecule has 0 aliphatic carbocycles. The van der Waals surface area contributed by atoms with Crippen molar-refractivity contribution in [1.82, 2.24) is 9.97 Å². The van der Waals surface area contributed by atoms with Crippen molar-refractivity contribution in [2.75, 3.05) is 11.9 Å². The maximum atomic E-state index is 4.28. The lowest BCUT2D eigenvalue weighted by Gasteiger charge is -2.05. The van der Waals surface area contributed by atoms with Gasteiger partial charge in [-0.3, -0.25) is 0 Å². The second-order valence-corrected chi connectivity index (χ2v) is 3.69. The Morgan fingerprint density at radius 1 is 1.19 bits per heavy atom. The Hall–Kier alpha value is -1.90. The zero-order chi connectivity index (χ0) is 11.4. The molecule has 16 heavy (non-hydrogen) atoms. The van der Waals surface area contributed by atoms with Crippen LogP contribution in [0.25, 0.3) is 11.3 Å². The molecule has 0 unspecified atom stereocenters. The molecule has 0 saturated heterocycles. The minimum absolute atomic E-state index is 0.865. The molecule has 3 heteroatoms. The van der Waals surface area contributed by atoms with Crippen molar-refractivity contribution in [3.8, 4) is 11.3 Å². The van der Waals surface area contributed by atoms with Gasteiger partial charge in [-0.1, -0.05) is 23.8 Å². The number of hydrogen-bond donors (Lipinski definition) is 1. The lowest BCUT2D eigenvalue weighted by Crippen LogP contribution is -1.99. The Morgan fingerprint density at radius 2 is 2.06 bits per heavy atom. The Labute approximate surface area is 95.6 Å². The van der Waals surface area contributed by atoms with Crippen molar-refractivity contribution < 1.29 is 0 Å². The van der Waals surface area contributed by atoms with Crippen LogP contribution in [0, 0.1) is 6.92 Å². The van der Waals surface area contributed by atoms with E-state index in [0.29, 0.717) is 0 Å². The summed E-state index contributed by atoms with van der Waals surface area (Å²) in [6.07, 6.45) is 1.59. The number of aryl methyl sites for hydroxylation is 1. The summed E-state index contributed by atoms with van der Waals surface area (Å²) < 4.78 is 0. The van der Waals surface area contributed by atoms with E-state index in [1.807, 2.05) is 12.1 Å². The van der Waals surface area contributed by atoms with E-state index in [1.54, 1.807) is 6.33 Å². The van der Waals surface area contributed by atoms with Crippen molar-refractivity contribution in [3.63, 3.8) is 0 Å². The van der Waals surface area contributed by atoms with Crippen molar-refractivity contribution in [1.29, 1.82) is 0 Å². The van der Waals surface area contributed by atoms with Crippen LogP contribution >= 0.6 is 0 Å². The van der Waals surface area contributed by atoms with Gasteiger partial charge in [-0.15, -0.1) is 0 Å². The first kappa shape index (κ1) is 10.6. The van der Waals surface area contributed by atoms with Crippen molar-refractivity contribution in [2.24, 2.45) is 0 Å². The summed E-state index contributed by atoms with van der Waals surface area (Å²) >= 11 is 0. The SMILES string of the molecule is CCNc1cc(-c2cccc(C)c2)ncn1. The number of benzene rings is 1. The van der Waals surface area contributed by atoms with Crippen LogP contribution in [0.15, 0.2) is 36.7 Å². The molecule has 0 fully saturated rings. The number of aromatic nitrogens is 2. The van der Waals surface area contributed by atoms with Crippen LogP contribution in [0.4, 0.5) is 5.82 Å². The number of hydrogen-bond acceptors (Lipinski definition) is 3. The van der Waals surface area contributed by atoms with E-state index in [1.165, 1.54) is 5.56 Å². The number of rotatable bonds is 3. The van der Waals surface area contributed by atoms with Gasteiger partial charge in [0.05, 0.1) is 5.69 Å². The van der Waals surface area contributed by atoms with E-state index in [2.05, 4.69) is 47.3 Å². The first-order chi connectivity index (χ1) is 7.79. The molecule has 3 nitrogen and oxygen atoms in total. The average Bonchev–Trinajstić information content (AvgIpc) is 2.30. The van der Waals surface area contributed by atoms with E-state index in [9.17, 15) is 0 Å². The fourth-order valence-electron chi connectivity index (χ4n) is 1.60. The maximum Gasteiger partial charge on any atom is 0.129 e. The first-order valence-corrected chi connectivity index (χ1v) is 5.42. The largest absolute Gasteiger partial charge is 0.370 e. The topological polar surface area (TPSA) is 37.8 Å². The molecule has 2 rings (SSSR count). The molecule has 0 saturated carbocycles. The molecule has 0 bridgehead atoms. The molecule has 1 heterocycles. The van der Waals surface area contributed by atoms with Gasteiger partial charge in [0.25, 0.3) is 0 Å². The van der Waals surface area contributed by atoms with Crippen molar-refractivity contribution in [2.45, 2.75) is 13.8 Å². The van der Waals surface area contributed by atoms with Crippen LogP contribution in [-0.2, 0) is 0 Å². The third kappa shape index (κ3) is 2.37. The Balaban J connectivity index is 2.36. The predicted octanol–water partition coefficient (Wildman–Crippen LogP) is 2.88. The Morgan fingerprint density at radius 3 is 2.81 bits per heavy atom. The van der Waals surface area contributed by atoms with Crippen LogP contribution in [-0.4, -0.2) is 16.5 Å². The molecule has 0 amide bonds. The van der Waals surface area contributed by atoms with Gasteiger partial charge in [0, 0.05) is 18.2 Å². The standard InChI is InChI=1S/C13H15N3/c1-3-14-13-8-12(15-9-16-13)11-6-4-5-10(2)7-11/h4-9H,3H2,1-2H3,(H,14,15,16). The summed E-state index contributed by atoms with van der Waals surface area (Å²) in [7, 11) is 0. The predicted molar refractivity (Wildman–Crippen MR) is 66.4 cm³/mol. The second-order valence-electron chi connectivity index (χ2n) is 3.69. The van der Waals surface area contributed by atoms with Crippen LogP contribution < -0.4 is 5.32 Å².